The molecule has 1 saturated heterocycles. The lowest BCUT2D eigenvalue weighted by Crippen LogP contribution is -2.22. The predicted molar refractivity (Wildman–Crippen MR) is 89.7 cm³/mol. The summed E-state index contributed by atoms with van der Waals surface area (Å²) in [5.74, 6) is 2.58. The molecule has 2 aliphatic rings. The smallest absolute Gasteiger partial charge is 0.227 e. The third-order valence-electron chi connectivity index (χ3n) is 4.67. The predicted octanol–water partition coefficient (Wildman–Crippen LogP) is 2.65. The molecule has 122 valence electrons. The number of aromatic nitrogens is 2. The average molecular weight is 304 g/mol. The molecule has 1 aliphatic carbocycles. The summed E-state index contributed by atoms with van der Waals surface area (Å²) < 4.78 is 5.57. The van der Waals surface area contributed by atoms with Crippen molar-refractivity contribution in [2.75, 3.05) is 44.1 Å². The molecule has 1 aliphatic heterocycles. The van der Waals surface area contributed by atoms with Gasteiger partial charge in [-0.2, -0.15) is 4.98 Å². The first-order valence-corrected chi connectivity index (χ1v) is 8.63. The van der Waals surface area contributed by atoms with E-state index in [-0.39, 0.29) is 0 Å². The molecule has 0 amide bonds. The number of fused-ring (bicyclic) bond motifs is 1. The molecule has 0 aromatic carbocycles. The van der Waals surface area contributed by atoms with Crippen molar-refractivity contribution in [3.05, 3.63) is 11.3 Å². The second kappa shape index (κ2) is 7.27. The number of nitrogens with zero attached hydrogens (tertiary/aromatic N) is 3. The maximum Gasteiger partial charge on any atom is 0.227 e. The normalized spacial score (nSPS) is 21.3. The summed E-state index contributed by atoms with van der Waals surface area (Å²) >= 11 is 0. The van der Waals surface area contributed by atoms with Crippen LogP contribution in [0.5, 0.6) is 0 Å². The Labute approximate surface area is 133 Å². The topological polar surface area (TPSA) is 50.3 Å². The fourth-order valence-electron chi connectivity index (χ4n) is 3.36. The van der Waals surface area contributed by atoms with E-state index in [9.17, 15) is 0 Å². The second-order valence-electron chi connectivity index (χ2n) is 6.70. The Bertz CT molecular complexity index is 498. The van der Waals surface area contributed by atoms with E-state index in [1.54, 1.807) is 0 Å². The molecule has 0 saturated carbocycles. The van der Waals surface area contributed by atoms with Gasteiger partial charge in [0.15, 0.2) is 0 Å². The van der Waals surface area contributed by atoms with Crippen LogP contribution in [0.25, 0.3) is 0 Å². The highest BCUT2D eigenvalue weighted by Gasteiger charge is 2.19. The average Bonchev–Trinajstić information content (AvgIpc) is 2.55. The summed E-state index contributed by atoms with van der Waals surface area (Å²) in [6, 6.07) is 0. The number of nitrogens with one attached hydrogen (secondary N) is 1. The number of hydrogen-bond acceptors (Lipinski definition) is 5. The molecular weight excluding hydrogens is 276 g/mol. The van der Waals surface area contributed by atoms with E-state index >= 15 is 0 Å². The maximum absolute atomic E-state index is 5.57. The number of hydrogen-bond donors (Lipinski definition) is 1. The summed E-state index contributed by atoms with van der Waals surface area (Å²) in [6.45, 7) is 2.84. The van der Waals surface area contributed by atoms with E-state index in [0.29, 0.717) is 5.92 Å². The Morgan fingerprint density at radius 1 is 1.18 bits per heavy atom. The molecule has 0 spiro atoms. The maximum atomic E-state index is 5.57. The van der Waals surface area contributed by atoms with Crippen molar-refractivity contribution in [1.82, 2.24) is 9.97 Å². The highest BCUT2D eigenvalue weighted by Crippen LogP contribution is 2.27. The van der Waals surface area contributed by atoms with E-state index in [1.165, 1.54) is 36.9 Å². The van der Waals surface area contributed by atoms with Crippen LogP contribution in [0.15, 0.2) is 0 Å². The van der Waals surface area contributed by atoms with E-state index < -0.39 is 0 Å². The fourth-order valence-corrected chi connectivity index (χ4v) is 3.36. The Morgan fingerprint density at radius 2 is 2.05 bits per heavy atom. The van der Waals surface area contributed by atoms with Gasteiger partial charge in [0.2, 0.25) is 5.95 Å². The zero-order chi connectivity index (χ0) is 15.4. The van der Waals surface area contributed by atoms with Crippen LogP contribution in [0, 0.1) is 5.92 Å². The molecule has 5 nitrogen and oxygen atoms in total. The molecule has 1 fully saturated rings. The van der Waals surface area contributed by atoms with Crippen molar-refractivity contribution in [3.8, 4) is 0 Å². The van der Waals surface area contributed by atoms with E-state index in [1.807, 2.05) is 19.0 Å². The molecule has 1 unspecified atom stereocenters. The van der Waals surface area contributed by atoms with Gasteiger partial charge >= 0.3 is 0 Å². The monoisotopic (exact) mass is 304 g/mol. The lowest BCUT2D eigenvalue weighted by atomic mass is 9.96. The molecular formula is C17H28N4O. The van der Waals surface area contributed by atoms with Gasteiger partial charge in [-0.1, -0.05) is 0 Å². The molecule has 3 rings (SSSR count). The Morgan fingerprint density at radius 3 is 2.82 bits per heavy atom. The number of anilines is 2. The first-order valence-electron chi connectivity index (χ1n) is 8.63. The van der Waals surface area contributed by atoms with Crippen molar-refractivity contribution < 1.29 is 4.74 Å². The summed E-state index contributed by atoms with van der Waals surface area (Å²) in [6.07, 6.45) is 8.36. The summed E-state index contributed by atoms with van der Waals surface area (Å²) in [4.78, 5) is 11.5. The third kappa shape index (κ3) is 3.69. The molecule has 1 aromatic rings. The first-order chi connectivity index (χ1) is 10.7. The zero-order valence-electron chi connectivity index (χ0n) is 13.9. The Balaban J connectivity index is 1.67. The van der Waals surface area contributed by atoms with E-state index in [0.717, 1.165) is 50.8 Å². The number of ether oxygens (including phenoxy) is 1. The molecule has 1 N–H and O–H groups in total. The van der Waals surface area contributed by atoms with Gasteiger partial charge in [-0.15, -0.1) is 0 Å². The van der Waals surface area contributed by atoms with Crippen LogP contribution in [0.3, 0.4) is 0 Å². The quantitative estimate of drug-likeness (QED) is 0.906. The van der Waals surface area contributed by atoms with Gasteiger partial charge < -0.3 is 15.0 Å². The van der Waals surface area contributed by atoms with Gasteiger partial charge in [0.05, 0.1) is 5.69 Å². The highest BCUT2D eigenvalue weighted by atomic mass is 16.5. The highest BCUT2D eigenvalue weighted by molar-refractivity contribution is 5.52. The first kappa shape index (κ1) is 15.5. The van der Waals surface area contributed by atoms with Crippen molar-refractivity contribution in [2.45, 2.75) is 44.9 Å². The minimum Gasteiger partial charge on any atom is -0.381 e. The van der Waals surface area contributed by atoms with Crippen LogP contribution in [0.1, 0.15) is 43.4 Å². The third-order valence-corrected chi connectivity index (χ3v) is 4.67. The SMILES string of the molecule is CN(C)c1nc2c(c(NCCC3CCCOC3)n1)CCCC2. The molecule has 5 heteroatoms. The van der Waals surface area contributed by atoms with Crippen molar-refractivity contribution >= 4 is 11.8 Å². The summed E-state index contributed by atoms with van der Waals surface area (Å²) in [7, 11) is 4.02. The number of aryl methyl sites for hydroxylation is 1. The van der Waals surface area contributed by atoms with Gasteiger partial charge in [-0.05, 0) is 50.9 Å². The summed E-state index contributed by atoms with van der Waals surface area (Å²) in [5, 5.41) is 3.58. The molecule has 1 aromatic heterocycles. The Hall–Kier alpha value is -1.36. The molecule has 0 bridgehead atoms. The standard InChI is InChI=1S/C17H28N4O/c1-21(2)17-19-15-8-4-3-7-14(15)16(20-17)18-10-9-13-6-5-11-22-12-13/h13H,3-12H2,1-2H3,(H,18,19,20). The lowest BCUT2D eigenvalue weighted by Gasteiger charge is -2.24. The Kier molecular flexibility index (Phi) is 5.13. The van der Waals surface area contributed by atoms with Crippen LogP contribution in [0.4, 0.5) is 11.8 Å². The fraction of sp³-hybridized carbons (Fsp3) is 0.765. The van der Waals surface area contributed by atoms with Crippen LogP contribution >= 0.6 is 0 Å². The van der Waals surface area contributed by atoms with Crippen LogP contribution in [0.2, 0.25) is 0 Å². The van der Waals surface area contributed by atoms with Gasteiger partial charge in [-0.3, -0.25) is 0 Å². The van der Waals surface area contributed by atoms with Crippen molar-refractivity contribution in [2.24, 2.45) is 5.92 Å². The van der Waals surface area contributed by atoms with E-state index in [4.69, 9.17) is 14.7 Å². The van der Waals surface area contributed by atoms with Crippen molar-refractivity contribution in [3.63, 3.8) is 0 Å². The minimum atomic E-state index is 0.701. The molecule has 1 atom stereocenters. The van der Waals surface area contributed by atoms with Gasteiger partial charge in [0.1, 0.15) is 5.82 Å². The number of rotatable bonds is 5. The second-order valence-corrected chi connectivity index (χ2v) is 6.70. The van der Waals surface area contributed by atoms with Gasteiger partial charge in [0.25, 0.3) is 0 Å². The zero-order valence-corrected chi connectivity index (χ0v) is 13.9. The van der Waals surface area contributed by atoms with Crippen LogP contribution in [-0.4, -0.2) is 43.8 Å². The van der Waals surface area contributed by atoms with Crippen LogP contribution in [-0.2, 0) is 17.6 Å². The van der Waals surface area contributed by atoms with Gasteiger partial charge in [-0.25, -0.2) is 4.98 Å². The molecule has 22 heavy (non-hydrogen) atoms. The van der Waals surface area contributed by atoms with Crippen molar-refractivity contribution in [1.29, 1.82) is 0 Å². The lowest BCUT2D eigenvalue weighted by molar-refractivity contribution is 0.0530. The minimum absolute atomic E-state index is 0.701. The summed E-state index contributed by atoms with van der Waals surface area (Å²) in [5.41, 5.74) is 2.59. The molecule has 0 radical (unpaired) electrons. The van der Waals surface area contributed by atoms with E-state index in [2.05, 4.69) is 5.32 Å². The van der Waals surface area contributed by atoms with Gasteiger partial charge in [0, 0.05) is 39.4 Å². The largest absolute Gasteiger partial charge is 0.381 e. The molecule has 2 heterocycles. The van der Waals surface area contributed by atoms with Crippen LogP contribution < -0.4 is 10.2 Å².